The molecule has 0 atom stereocenters. The highest BCUT2D eigenvalue weighted by atomic mass is 19.1. The summed E-state index contributed by atoms with van der Waals surface area (Å²) in [6.45, 7) is 3.22. The lowest BCUT2D eigenvalue weighted by atomic mass is 10.1. The zero-order valence-corrected chi connectivity index (χ0v) is 6.77. The van der Waals surface area contributed by atoms with Gasteiger partial charge < -0.3 is 4.74 Å². The molecule has 0 bridgehead atoms. The van der Waals surface area contributed by atoms with Crippen LogP contribution in [-0.4, -0.2) is 13.2 Å². The van der Waals surface area contributed by atoms with E-state index in [2.05, 4.69) is 0 Å². The van der Waals surface area contributed by atoms with Gasteiger partial charge in [-0.2, -0.15) is 0 Å². The van der Waals surface area contributed by atoms with Crippen molar-refractivity contribution in [1.29, 1.82) is 0 Å². The van der Waals surface area contributed by atoms with Crippen molar-refractivity contribution in [1.82, 2.24) is 0 Å². The van der Waals surface area contributed by atoms with Crippen molar-refractivity contribution in [2.75, 3.05) is 13.2 Å². The molecule has 0 aromatic heterocycles. The van der Waals surface area contributed by atoms with Gasteiger partial charge in [0.25, 0.3) is 0 Å². The second-order valence-electron chi connectivity index (χ2n) is 2.57. The Morgan fingerprint density at radius 1 is 1.64 bits per heavy atom. The lowest BCUT2D eigenvalue weighted by Crippen LogP contribution is -2.00. The van der Waals surface area contributed by atoms with Crippen LogP contribution in [0.4, 0.5) is 4.39 Å². The van der Waals surface area contributed by atoms with Gasteiger partial charge in [0.2, 0.25) is 0 Å². The smallest absolute Gasteiger partial charge is 0.119 e. The molecule has 0 radical (unpaired) electrons. The van der Waals surface area contributed by atoms with Crippen molar-refractivity contribution in [2.24, 2.45) is 0 Å². The van der Waals surface area contributed by atoms with E-state index < -0.39 is 0 Å². The molecule has 11 heavy (non-hydrogen) atoms. The molecule has 62 valence electrons. The van der Waals surface area contributed by atoms with E-state index in [4.69, 9.17) is 4.74 Å². The average Bonchev–Trinajstić information content (AvgIpc) is 2.01. The van der Waals surface area contributed by atoms with Gasteiger partial charge in [-0.05, 0) is 37.5 Å². The highest BCUT2D eigenvalue weighted by molar-refractivity contribution is 5.22. The highest BCUT2D eigenvalue weighted by Crippen LogP contribution is 2.17. The predicted molar refractivity (Wildman–Crippen MR) is 43.0 cm³/mol. The quantitative estimate of drug-likeness (QED) is 0.610. The summed E-state index contributed by atoms with van der Waals surface area (Å²) in [7, 11) is 0. The molecule has 1 rings (SSSR count). The Bertz CT molecular complexity index is 182. The Morgan fingerprint density at radius 3 is 3.09 bits per heavy atom. The summed E-state index contributed by atoms with van der Waals surface area (Å²) >= 11 is 0. The minimum absolute atomic E-state index is 0.119. The summed E-state index contributed by atoms with van der Waals surface area (Å²) in [5.74, 6) is -0.119. The number of allylic oxidation sites excluding steroid dienone is 3. The molecule has 1 aliphatic rings. The fraction of sp³-hybridized carbons (Fsp3) is 0.556. The molecule has 1 nitrogen and oxygen atoms in total. The summed E-state index contributed by atoms with van der Waals surface area (Å²) in [4.78, 5) is 0. The first-order valence-electron chi connectivity index (χ1n) is 3.95. The normalized spacial score (nSPS) is 17.6. The predicted octanol–water partition coefficient (Wildman–Crippen LogP) is 2.60. The van der Waals surface area contributed by atoms with Gasteiger partial charge in [0, 0.05) is 6.61 Å². The molecular formula is C9H13FO. The summed E-state index contributed by atoms with van der Waals surface area (Å²) in [5, 5.41) is 0. The van der Waals surface area contributed by atoms with Crippen molar-refractivity contribution in [2.45, 2.75) is 19.8 Å². The summed E-state index contributed by atoms with van der Waals surface area (Å²) in [6, 6.07) is 0. The van der Waals surface area contributed by atoms with Gasteiger partial charge in [0.15, 0.2) is 0 Å². The lowest BCUT2D eigenvalue weighted by Gasteiger charge is -2.09. The first-order chi connectivity index (χ1) is 5.33. The maximum atomic E-state index is 12.6. The fourth-order valence-corrected chi connectivity index (χ4v) is 1.07. The van der Waals surface area contributed by atoms with Crippen LogP contribution in [0.15, 0.2) is 23.6 Å². The van der Waals surface area contributed by atoms with E-state index in [1.165, 1.54) is 0 Å². The van der Waals surface area contributed by atoms with Gasteiger partial charge in [-0.3, -0.25) is 0 Å². The van der Waals surface area contributed by atoms with Crippen molar-refractivity contribution >= 4 is 0 Å². The number of ether oxygens (including phenoxy) is 1. The van der Waals surface area contributed by atoms with E-state index in [1.54, 1.807) is 12.2 Å². The fourth-order valence-electron chi connectivity index (χ4n) is 1.07. The van der Waals surface area contributed by atoms with Gasteiger partial charge in [0.1, 0.15) is 5.83 Å². The van der Waals surface area contributed by atoms with Crippen LogP contribution in [0, 0.1) is 0 Å². The molecular weight excluding hydrogens is 143 g/mol. The molecule has 0 amide bonds. The molecule has 0 aliphatic heterocycles. The third-order valence-corrected chi connectivity index (χ3v) is 1.64. The SMILES string of the molecule is CCOCC1=CC(F)=CCC1. The van der Waals surface area contributed by atoms with Gasteiger partial charge >= 0.3 is 0 Å². The van der Waals surface area contributed by atoms with E-state index in [0.29, 0.717) is 13.2 Å². The van der Waals surface area contributed by atoms with Crippen LogP contribution >= 0.6 is 0 Å². The van der Waals surface area contributed by atoms with Crippen LogP contribution < -0.4 is 0 Å². The molecule has 0 unspecified atom stereocenters. The summed E-state index contributed by atoms with van der Waals surface area (Å²) in [5.41, 5.74) is 1.06. The molecule has 0 N–H and O–H groups in total. The van der Waals surface area contributed by atoms with E-state index in [-0.39, 0.29) is 5.83 Å². The van der Waals surface area contributed by atoms with Crippen molar-refractivity contribution in [3.63, 3.8) is 0 Å². The highest BCUT2D eigenvalue weighted by Gasteiger charge is 2.03. The largest absolute Gasteiger partial charge is 0.377 e. The molecule has 0 fully saturated rings. The number of hydrogen-bond donors (Lipinski definition) is 0. The van der Waals surface area contributed by atoms with E-state index >= 15 is 0 Å². The average molecular weight is 156 g/mol. The van der Waals surface area contributed by atoms with E-state index in [1.807, 2.05) is 6.92 Å². The first kappa shape index (κ1) is 8.47. The van der Waals surface area contributed by atoms with Crippen LogP contribution in [0.1, 0.15) is 19.8 Å². The minimum Gasteiger partial charge on any atom is -0.377 e. The van der Waals surface area contributed by atoms with Crippen LogP contribution in [0.25, 0.3) is 0 Å². The Labute approximate surface area is 66.6 Å². The monoisotopic (exact) mass is 156 g/mol. The van der Waals surface area contributed by atoms with Gasteiger partial charge in [-0.25, -0.2) is 4.39 Å². The Balaban J connectivity index is 2.39. The van der Waals surface area contributed by atoms with Gasteiger partial charge in [-0.1, -0.05) is 0 Å². The molecule has 0 spiro atoms. The summed E-state index contributed by atoms with van der Waals surface area (Å²) < 4.78 is 17.7. The zero-order chi connectivity index (χ0) is 8.10. The summed E-state index contributed by atoms with van der Waals surface area (Å²) in [6.07, 6.45) is 4.92. The number of hydrogen-bond acceptors (Lipinski definition) is 1. The van der Waals surface area contributed by atoms with Gasteiger partial charge in [0.05, 0.1) is 6.61 Å². The maximum Gasteiger partial charge on any atom is 0.119 e. The number of rotatable bonds is 3. The van der Waals surface area contributed by atoms with Crippen molar-refractivity contribution in [3.05, 3.63) is 23.6 Å². The standard InChI is InChI=1S/C9H13FO/c1-2-11-7-8-4-3-5-9(10)6-8/h5-6H,2-4,7H2,1H3. The second kappa shape index (κ2) is 4.29. The molecule has 0 saturated carbocycles. The second-order valence-corrected chi connectivity index (χ2v) is 2.57. The van der Waals surface area contributed by atoms with Crippen LogP contribution in [0.3, 0.4) is 0 Å². The molecule has 0 aromatic carbocycles. The Kier molecular flexibility index (Phi) is 3.30. The zero-order valence-electron chi connectivity index (χ0n) is 6.77. The maximum absolute atomic E-state index is 12.6. The van der Waals surface area contributed by atoms with Crippen molar-refractivity contribution in [3.8, 4) is 0 Å². The Morgan fingerprint density at radius 2 is 2.45 bits per heavy atom. The van der Waals surface area contributed by atoms with Crippen LogP contribution in [0.5, 0.6) is 0 Å². The first-order valence-corrected chi connectivity index (χ1v) is 3.95. The Hall–Kier alpha value is -0.630. The van der Waals surface area contributed by atoms with Crippen molar-refractivity contribution < 1.29 is 9.13 Å². The molecule has 0 heterocycles. The third kappa shape index (κ3) is 2.85. The van der Waals surface area contributed by atoms with Crippen LogP contribution in [0.2, 0.25) is 0 Å². The molecule has 1 aliphatic carbocycles. The molecule has 2 heteroatoms. The lowest BCUT2D eigenvalue weighted by molar-refractivity contribution is 0.168. The van der Waals surface area contributed by atoms with E-state index in [0.717, 1.165) is 18.4 Å². The molecule has 0 saturated heterocycles. The minimum atomic E-state index is -0.119. The topological polar surface area (TPSA) is 9.23 Å². The van der Waals surface area contributed by atoms with Gasteiger partial charge in [-0.15, -0.1) is 0 Å². The molecule has 0 aromatic rings. The van der Waals surface area contributed by atoms with E-state index in [9.17, 15) is 4.39 Å². The number of halogens is 1. The van der Waals surface area contributed by atoms with Crippen LogP contribution in [-0.2, 0) is 4.74 Å². The third-order valence-electron chi connectivity index (χ3n) is 1.64.